The predicted molar refractivity (Wildman–Crippen MR) is 78.4 cm³/mol. The van der Waals surface area contributed by atoms with Crippen molar-refractivity contribution in [2.24, 2.45) is 0 Å². The molecule has 0 aromatic heterocycles. The second kappa shape index (κ2) is 6.01. The van der Waals surface area contributed by atoms with Crippen LogP contribution in [0.1, 0.15) is 5.56 Å². The fourth-order valence-corrected chi connectivity index (χ4v) is 3.30. The van der Waals surface area contributed by atoms with Crippen LogP contribution in [0.2, 0.25) is 0 Å². The van der Waals surface area contributed by atoms with Crippen LogP contribution in [0, 0.1) is 12.7 Å². The third-order valence-corrected chi connectivity index (χ3v) is 4.56. The first-order valence-corrected chi connectivity index (χ1v) is 7.68. The minimum absolute atomic E-state index is 0.240. The van der Waals surface area contributed by atoms with Crippen LogP contribution in [0.25, 0.3) is 0 Å². The number of urea groups is 1. The normalized spacial score (nSPS) is 18.1. The molecule has 8 heteroatoms. The topological polar surface area (TPSA) is 69.6 Å². The van der Waals surface area contributed by atoms with Crippen molar-refractivity contribution in [3.63, 3.8) is 0 Å². The smallest absolute Gasteiger partial charge is 0.327 e. The first kappa shape index (κ1) is 15.1. The Balaban J connectivity index is 2.16. The predicted octanol–water partition coefficient (Wildman–Crippen LogP) is 2.89. The molecule has 5 nitrogen and oxygen atoms in total. The molecular formula is C12H12BrFN2O3S. The molecular weight excluding hydrogens is 351 g/mol. The molecule has 1 aliphatic heterocycles. The maximum atomic E-state index is 13.3. The fourth-order valence-electron chi connectivity index (χ4n) is 1.82. The van der Waals surface area contributed by atoms with Crippen molar-refractivity contribution in [2.45, 2.75) is 13.0 Å². The van der Waals surface area contributed by atoms with Crippen LogP contribution in [0.3, 0.4) is 0 Å². The highest BCUT2D eigenvalue weighted by Crippen LogP contribution is 2.26. The van der Waals surface area contributed by atoms with Gasteiger partial charge >= 0.3 is 12.0 Å². The maximum absolute atomic E-state index is 13.3. The van der Waals surface area contributed by atoms with E-state index in [1.165, 1.54) is 28.8 Å². The van der Waals surface area contributed by atoms with Gasteiger partial charge < -0.3 is 15.3 Å². The number of carboxylic acid groups (broad SMARTS) is 1. The summed E-state index contributed by atoms with van der Waals surface area (Å²) in [5, 5.41) is 11.7. The summed E-state index contributed by atoms with van der Waals surface area (Å²) >= 11 is 4.43. The van der Waals surface area contributed by atoms with E-state index in [2.05, 4.69) is 21.2 Å². The van der Waals surface area contributed by atoms with E-state index in [-0.39, 0.29) is 4.47 Å². The first-order valence-electron chi connectivity index (χ1n) is 5.74. The molecule has 0 radical (unpaired) electrons. The zero-order chi connectivity index (χ0) is 14.9. The van der Waals surface area contributed by atoms with Crippen molar-refractivity contribution in [3.8, 4) is 0 Å². The Bertz CT molecular complexity index is 570. The number of amides is 2. The molecule has 108 valence electrons. The van der Waals surface area contributed by atoms with Gasteiger partial charge in [-0.1, -0.05) is 0 Å². The van der Waals surface area contributed by atoms with Crippen LogP contribution in [0.5, 0.6) is 0 Å². The van der Waals surface area contributed by atoms with E-state index in [0.29, 0.717) is 22.9 Å². The summed E-state index contributed by atoms with van der Waals surface area (Å²) < 4.78 is 13.6. The van der Waals surface area contributed by atoms with Gasteiger partial charge in [0.15, 0.2) is 0 Å². The summed E-state index contributed by atoms with van der Waals surface area (Å²) in [4.78, 5) is 24.4. The second-order valence-corrected chi connectivity index (χ2v) is 6.19. The summed E-state index contributed by atoms with van der Waals surface area (Å²) in [6.45, 7) is 1.67. The summed E-state index contributed by atoms with van der Waals surface area (Å²) in [6.07, 6.45) is 0. The van der Waals surface area contributed by atoms with Crippen molar-refractivity contribution in [1.82, 2.24) is 4.90 Å². The summed E-state index contributed by atoms with van der Waals surface area (Å²) in [5.41, 5.74) is 1.02. The van der Waals surface area contributed by atoms with E-state index in [1.54, 1.807) is 6.92 Å². The largest absolute Gasteiger partial charge is 0.480 e. The lowest BCUT2D eigenvalue weighted by Gasteiger charge is -2.21. The minimum atomic E-state index is -1.03. The lowest BCUT2D eigenvalue weighted by molar-refractivity contribution is -0.140. The Morgan fingerprint density at radius 2 is 2.25 bits per heavy atom. The van der Waals surface area contributed by atoms with E-state index < -0.39 is 23.9 Å². The molecule has 0 aliphatic carbocycles. The van der Waals surface area contributed by atoms with Gasteiger partial charge in [0.1, 0.15) is 11.9 Å². The SMILES string of the molecule is Cc1cc(F)c(Br)cc1NC(=O)N1CSC[C@H]1C(=O)O. The number of benzene rings is 1. The number of carboxylic acids is 1. The fraction of sp³-hybridized carbons (Fsp3) is 0.333. The van der Waals surface area contributed by atoms with Gasteiger partial charge in [-0.05, 0) is 40.5 Å². The molecule has 20 heavy (non-hydrogen) atoms. The quantitative estimate of drug-likeness (QED) is 0.848. The van der Waals surface area contributed by atoms with Crippen molar-refractivity contribution in [3.05, 3.63) is 28.0 Å². The van der Waals surface area contributed by atoms with E-state index in [1.807, 2.05) is 0 Å². The number of nitrogens with one attached hydrogen (secondary N) is 1. The number of aliphatic carboxylic acids is 1. The number of halogens is 2. The van der Waals surface area contributed by atoms with E-state index in [0.717, 1.165) is 0 Å². The number of carbonyl (C=O) groups excluding carboxylic acids is 1. The zero-order valence-corrected chi connectivity index (χ0v) is 12.9. The molecule has 1 saturated heterocycles. The Morgan fingerprint density at radius 1 is 1.55 bits per heavy atom. The maximum Gasteiger partial charge on any atom is 0.327 e. The van der Waals surface area contributed by atoms with Crippen molar-refractivity contribution >= 4 is 45.4 Å². The summed E-state index contributed by atoms with van der Waals surface area (Å²) in [6, 6.07) is 1.43. The van der Waals surface area contributed by atoms with Gasteiger partial charge in [0, 0.05) is 11.4 Å². The van der Waals surface area contributed by atoms with E-state index in [4.69, 9.17) is 5.11 Å². The monoisotopic (exact) mass is 362 g/mol. The Morgan fingerprint density at radius 3 is 2.90 bits per heavy atom. The molecule has 1 aromatic rings. The molecule has 1 fully saturated rings. The molecule has 0 spiro atoms. The minimum Gasteiger partial charge on any atom is -0.480 e. The number of rotatable bonds is 2. The average Bonchev–Trinajstić information content (AvgIpc) is 2.85. The highest BCUT2D eigenvalue weighted by molar-refractivity contribution is 9.10. The number of anilines is 1. The molecule has 1 heterocycles. The van der Waals surface area contributed by atoms with Crippen LogP contribution in [-0.2, 0) is 4.79 Å². The molecule has 0 saturated carbocycles. The van der Waals surface area contributed by atoms with Crippen molar-refractivity contribution in [2.75, 3.05) is 16.9 Å². The van der Waals surface area contributed by atoms with Gasteiger partial charge in [-0.3, -0.25) is 0 Å². The molecule has 2 N–H and O–H groups in total. The van der Waals surface area contributed by atoms with E-state index >= 15 is 0 Å². The Labute approximate surface area is 127 Å². The Kier molecular flexibility index (Phi) is 4.54. The van der Waals surface area contributed by atoms with Crippen LogP contribution in [-0.4, -0.2) is 39.7 Å². The lowest BCUT2D eigenvalue weighted by atomic mass is 10.2. The van der Waals surface area contributed by atoms with Gasteiger partial charge in [0.05, 0.1) is 10.3 Å². The number of hydrogen-bond donors (Lipinski definition) is 2. The summed E-state index contributed by atoms with van der Waals surface area (Å²) in [5.74, 6) is -0.748. The van der Waals surface area contributed by atoms with Gasteiger partial charge in [-0.15, -0.1) is 11.8 Å². The number of nitrogens with zero attached hydrogens (tertiary/aromatic N) is 1. The zero-order valence-electron chi connectivity index (χ0n) is 10.5. The van der Waals surface area contributed by atoms with Gasteiger partial charge in [-0.25, -0.2) is 14.0 Å². The Hall–Kier alpha value is -1.28. The highest BCUT2D eigenvalue weighted by Gasteiger charge is 2.34. The molecule has 0 bridgehead atoms. The van der Waals surface area contributed by atoms with Crippen LogP contribution in [0.4, 0.5) is 14.9 Å². The van der Waals surface area contributed by atoms with Crippen molar-refractivity contribution < 1.29 is 19.1 Å². The standard InChI is InChI=1S/C12H12BrFN2O3S/c1-6-2-8(14)7(13)3-9(6)15-12(19)16-5-20-4-10(16)11(17)18/h2-3,10H,4-5H2,1H3,(H,15,19)(H,17,18)/t10-/m0/s1. The first-order chi connectivity index (χ1) is 9.40. The second-order valence-electron chi connectivity index (χ2n) is 4.34. The van der Waals surface area contributed by atoms with Crippen LogP contribution in [0.15, 0.2) is 16.6 Å². The number of hydrogen-bond acceptors (Lipinski definition) is 3. The van der Waals surface area contributed by atoms with Crippen molar-refractivity contribution in [1.29, 1.82) is 0 Å². The van der Waals surface area contributed by atoms with Gasteiger partial charge in [0.2, 0.25) is 0 Å². The number of aryl methyl sites for hydroxylation is 1. The molecule has 2 amide bonds. The third kappa shape index (κ3) is 3.06. The van der Waals surface area contributed by atoms with E-state index in [9.17, 15) is 14.0 Å². The molecule has 0 unspecified atom stereocenters. The van der Waals surface area contributed by atoms with Gasteiger partial charge in [0.25, 0.3) is 0 Å². The highest BCUT2D eigenvalue weighted by atomic mass is 79.9. The average molecular weight is 363 g/mol. The van der Waals surface area contributed by atoms with Crippen LogP contribution < -0.4 is 5.32 Å². The lowest BCUT2D eigenvalue weighted by Crippen LogP contribution is -2.44. The molecule has 2 rings (SSSR count). The summed E-state index contributed by atoms with van der Waals surface area (Å²) in [7, 11) is 0. The van der Waals surface area contributed by atoms with Gasteiger partial charge in [-0.2, -0.15) is 0 Å². The van der Waals surface area contributed by atoms with Crippen LogP contribution >= 0.6 is 27.7 Å². The number of thioether (sulfide) groups is 1. The molecule has 1 atom stereocenters. The third-order valence-electron chi connectivity index (χ3n) is 2.94. The molecule has 1 aliphatic rings. The molecule has 1 aromatic carbocycles. The number of carbonyl (C=O) groups is 2.